The second-order valence-corrected chi connectivity index (χ2v) is 9.11. The molecular weight excluding hydrogens is 460 g/mol. The molecule has 0 bridgehead atoms. The Labute approximate surface area is 206 Å². The van der Waals surface area contributed by atoms with Crippen LogP contribution >= 0.6 is 0 Å². The Morgan fingerprint density at radius 3 is 2.64 bits per heavy atom. The molecule has 2 aromatic heterocycles. The Bertz CT molecular complexity index is 1460. The first-order valence-corrected chi connectivity index (χ1v) is 12.1. The number of aromatic nitrogens is 4. The summed E-state index contributed by atoms with van der Waals surface area (Å²) in [6.45, 7) is 1.16. The van der Waals surface area contributed by atoms with Gasteiger partial charge in [-0.15, -0.1) is 10.2 Å². The first-order valence-electron chi connectivity index (χ1n) is 12.1. The van der Waals surface area contributed by atoms with Crippen LogP contribution in [0.4, 0.5) is 4.79 Å². The molecule has 4 aromatic rings. The molecule has 1 amide bonds. The highest BCUT2D eigenvalue weighted by Gasteiger charge is 2.34. The van der Waals surface area contributed by atoms with Crippen LogP contribution in [-0.4, -0.2) is 49.2 Å². The maximum Gasteiger partial charge on any atom is 0.407 e. The van der Waals surface area contributed by atoms with E-state index in [1.807, 2.05) is 35.0 Å². The molecule has 36 heavy (non-hydrogen) atoms. The SMILES string of the molecule is N#Cc1ccc(-c2nn(C3CCCCO3)c3ccc(-c4nnc(C5CCCN5C(=O)O)o4)cc23)cc1. The third kappa shape index (κ3) is 3.87. The fourth-order valence-electron chi connectivity index (χ4n) is 5.06. The first kappa shape index (κ1) is 22.2. The van der Waals surface area contributed by atoms with Crippen LogP contribution < -0.4 is 0 Å². The third-order valence-corrected chi connectivity index (χ3v) is 6.89. The Morgan fingerprint density at radius 1 is 1.06 bits per heavy atom. The number of fused-ring (bicyclic) bond motifs is 1. The lowest BCUT2D eigenvalue weighted by Crippen LogP contribution is -2.28. The van der Waals surface area contributed by atoms with Gasteiger partial charge in [0.15, 0.2) is 6.23 Å². The van der Waals surface area contributed by atoms with E-state index in [-0.39, 0.29) is 6.23 Å². The Kier molecular flexibility index (Phi) is 5.62. The van der Waals surface area contributed by atoms with E-state index in [0.717, 1.165) is 53.4 Å². The van der Waals surface area contributed by atoms with E-state index >= 15 is 0 Å². The number of hydrogen-bond donors (Lipinski definition) is 1. The topological polar surface area (TPSA) is 130 Å². The number of hydrogen-bond acceptors (Lipinski definition) is 7. The Hall–Kier alpha value is -4.23. The van der Waals surface area contributed by atoms with Gasteiger partial charge in [0.05, 0.1) is 17.1 Å². The summed E-state index contributed by atoms with van der Waals surface area (Å²) in [6, 6.07) is 14.9. The Balaban J connectivity index is 1.42. The number of ether oxygens (including phenoxy) is 1. The van der Waals surface area contributed by atoms with Crippen LogP contribution in [0.3, 0.4) is 0 Å². The second-order valence-electron chi connectivity index (χ2n) is 9.11. The molecular formula is C26H24N6O4. The lowest BCUT2D eigenvalue weighted by atomic mass is 10.0. The fraction of sp³-hybridized carbons (Fsp3) is 0.346. The highest BCUT2D eigenvalue weighted by atomic mass is 16.5. The molecule has 1 N–H and O–H groups in total. The molecule has 2 saturated heterocycles. The minimum atomic E-state index is -0.983. The smallest absolute Gasteiger partial charge is 0.407 e. The highest BCUT2D eigenvalue weighted by Crippen LogP contribution is 2.37. The minimum Gasteiger partial charge on any atom is -0.465 e. The molecule has 6 rings (SSSR count). The van der Waals surface area contributed by atoms with Gasteiger partial charge in [0.25, 0.3) is 0 Å². The average Bonchev–Trinajstić information content (AvgIpc) is 3.67. The van der Waals surface area contributed by atoms with Gasteiger partial charge in [-0.3, -0.25) is 4.90 Å². The summed E-state index contributed by atoms with van der Waals surface area (Å²) < 4.78 is 13.9. The number of benzene rings is 2. The lowest BCUT2D eigenvalue weighted by Gasteiger charge is -2.23. The van der Waals surface area contributed by atoms with Gasteiger partial charge in [-0.2, -0.15) is 10.4 Å². The Morgan fingerprint density at radius 2 is 1.89 bits per heavy atom. The monoisotopic (exact) mass is 484 g/mol. The number of nitrogens with zero attached hydrogens (tertiary/aromatic N) is 6. The molecule has 4 heterocycles. The first-order chi connectivity index (χ1) is 17.6. The molecule has 0 saturated carbocycles. The van der Waals surface area contributed by atoms with Crippen molar-refractivity contribution in [2.45, 2.75) is 44.4 Å². The van der Waals surface area contributed by atoms with Crippen molar-refractivity contribution < 1.29 is 19.1 Å². The summed E-state index contributed by atoms with van der Waals surface area (Å²) in [4.78, 5) is 12.9. The van der Waals surface area contributed by atoms with Crippen LogP contribution in [0.15, 0.2) is 46.9 Å². The summed E-state index contributed by atoms with van der Waals surface area (Å²) in [5.41, 5.74) is 3.90. The van der Waals surface area contributed by atoms with Crippen molar-refractivity contribution in [3.8, 4) is 28.8 Å². The number of rotatable bonds is 4. The zero-order valence-electron chi connectivity index (χ0n) is 19.5. The molecule has 10 heteroatoms. The summed E-state index contributed by atoms with van der Waals surface area (Å²) in [5, 5.41) is 32.9. The third-order valence-electron chi connectivity index (χ3n) is 6.89. The van der Waals surface area contributed by atoms with Crippen molar-refractivity contribution in [3.63, 3.8) is 0 Å². The van der Waals surface area contributed by atoms with Gasteiger partial charge in [-0.25, -0.2) is 9.48 Å². The van der Waals surface area contributed by atoms with E-state index in [1.165, 1.54) is 4.90 Å². The predicted molar refractivity (Wildman–Crippen MR) is 129 cm³/mol. The normalized spacial score (nSPS) is 20.0. The summed E-state index contributed by atoms with van der Waals surface area (Å²) in [6.07, 6.45) is 3.31. The van der Waals surface area contributed by atoms with Crippen molar-refractivity contribution in [2.75, 3.05) is 13.2 Å². The van der Waals surface area contributed by atoms with E-state index in [9.17, 15) is 15.2 Å². The maximum absolute atomic E-state index is 11.6. The second kappa shape index (κ2) is 9.09. The van der Waals surface area contributed by atoms with E-state index in [1.54, 1.807) is 12.1 Å². The quantitative estimate of drug-likeness (QED) is 0.421. The van der Waals surface area contributed by atoms with Crippen LogP contribution in [0.1, 0.15) is 55.8 Å². The van der Waals surface area contributed by atoms with E-state index < -0.39 is 12.1 Å². The van der Waals surface area contributed by atoms with E-state index in [4.69, 9.17) is 14.3 Å². The van der Waals surface area contributed by atoms with Crippen LogP contribution in [0.25, 0.3) is 33.6 Å². The van der Waals surface area contributed by atoms with Gasteiger partial charge in [0, 0.05) is 29.7 Å². The standard InChI is InChI=1S/C26H24N6O4/c27-15-16-6-8-17(9-7-16)23-19-14-18(10-11-20(19)32(30-23)22-5-1-2-13-35-22)24-28-29-25(36-24)21-4-3-12-31(21)26(33)34/h6-11,14,21-22H,1-5,12-13H2,(H,33,34). The number of carbonyl (C=O) groups is 1. The van der Waals surface area contributed by atoms with Gasteiger partial charge in [0.2, 0.25) is 11.8 Å². The maximum atomic E-state index is 11.6. The van der Waals surface area contributed by atoms with Gasteiger partial charge >= 0.3 is 6.09 Å². The molecule has 2 fully saturated rings. The summed E-state index contributed by atoms with van der Waals surface area (Å²) in [5.74, 6) is 0.639. The van der Waals surface area contributed by atoms with Crippen molar-refractivity contribution in [1.29, 1.82) is 5.26 Å². The van der Waals surface area contributed by atoms with Crippen LogP contribution in [-0.2, 0) is 4.74 Å². The van der Waals surface area contributed by atoms with E-state index in [2.05, 4.69) is 16.3 Å². The largest absolute Gasteiger partial charge is 0.465 e. The predicted octanol–water partition coefficient (Wildman–Crippen LogP) is 5.14. The number of carboxylic acid groups (broad SMARTS) is 1. The molecule has 0 spiro atoms. The molecule has 2 aromatic carbocycles. The molecule has 10 nitrogen and oxygen atoms in total. The molecule has 182 valence electrons. The van der Waals surface area contributed by atoms with Crippen molar-refractivity contribution in [1.82, 2.24) is 24.9 Å². The van der Waals surface area contributed by atoms with Gasteiger partial charge < -0.3 is 14.3 Å². The summed E-state index contributed by atoms with van der Waals surface area (Å²) >= 11 is 0. The van der Waals surface area contributed by atoms with Crippen molar-refractivity contribution in [3.05, 3.63) is 53.9 Å². The molecule has 2 aliphatic heterocycles. The minimum absolute atomic E-state index is 0.140. The zero-order valence-corrected chi connectivity index (χ0v) is 19.5. The molecule has 2 aliphatic rings. The van der Waals surface area contributed by atoms with Crippen LogP contribution in [0.5, 0.6) is 0 Å². The van der Waals surface area contributed by atoms with Crippen LogP contribution in [0, 0.1) is 11.3 Å². The fourth-order valence-corrected chi connectivity index (χ4v) is 5.06. The molecule has 2 unspecified atom stereocenters. The highest BCUT2D eigenvalue weighted by molar-refractivity contribution is 5.95. The van der Waals surface area contributed by atoms with Crippen LogP contribution in [0.2, 0.25) is 0 Å². The van der Waals surface area contributed by atoms with Gasteiger partial charge in [0.1, 0.15) is 11.7 Å². The number of nitriles is 1. The molecule has 0 radical (unpaired) electrons. The zero-order chi connectivity index (χ0) is 24.6. The molecule has 0 aliphatic carbocycles. The number of amides is 1. The van der Waals surface area contributed by atoms with E-state index in [0.29, 0.717) is 36.9 Å². The van der Waals surface area contributed by atoms with Gasteiger partial charge in [-0.1, -0.05) is 12.1 Å². The van der Waals surface area contributed by atoms with Crippen molar-refractivity contribution in [2.24, 2.45) is 0 Å². The molecule has 2 atom stereocenters. The van der Waals surface area contributed by atoms with Crippen molar-refractivity contribution >= 4 is 17.0 Å². The summed E-state index contributed by atoms with van der Waals surface area (Å²) in [7, 11) is 0. The average molecular weight is 485 g/mol. The van der Waals surface area contributed by atoms with Gasteiger partial charge in [-0.05, 0) is 62.4 Å². The lowest BCUT2D eigenvalue weighted by molar-refractivity contribution is -0.0365. The number of likely N-dealkylation sites (tertiary alicyclic amines) is 1.